The van der Waals surface area contributed by atoms with Crippen LogP contribution in [0.1, 0.15) is 26.0 Å². The summed E-state index contributed by atoms with van der Waals surface area (Å²) in [6.07, 6.45) is 5.42. The van der Waals surface area contributed by atoms with Crippen molar-refractivity contribution in [2.24, 2.45) is 5.92 Å². The molecule has 0 aliphatic carbocycles. The zero-order valence-corrected chi connectivity index (χ0v) is 9.10. The Balaban J connectivity index is 2.24. The summed E-state index contributed by atoms with van der Waals surface area (Å²) in [6, 6.07) is 3.54. The Labute approximate surface area is 89.7 Å². The summed E-state index contributed by atoms with van der Waals surface area (Å²) < 4.78 is 10.0. The number of carbonyl (C=O) groups is 1. The number of esters is 1. The van der Waals surface area contributed by atoms with Gasteiger partial charge in [-0.05, 0) is 30.5 Å². The van der Waals surface area contributed by atoms with Gasteiger partial charge in [-0.1, -0.05) is 13.8 Å². The summed E-state index contributed by atoms with van der Waals surface area (Å²) in [5, 5.41) is 0. The van der Waals surface area contributed by atoms with Crippen molar-refractivity contribution in [3.8, 4) is 0 Å². The summed E-state index contributed by atoms with van der Waals surface area (Å²) >= 11 is 0. The molecular formula is C12H16O3. The van der Waals surface area contributed by atoms with Crippen LogP contribution in [0.4, 0.5) is 0 Å². The number of carbonyl (C=O) groups excluding carboxylic acids is 1. The number of furan rings is 1. The van der Waals surface area contributed by atoms with Crippen molar-refractivity contribution >= 4 is 12.0 Å². The molecule has 0 radical (unpaired) electrons. The van der Waals surface area contributed by atoms with Crippen molar-refractivity contribution in [1.82, 2.24) is 0 Å². The van der Waals surface area contributed by atoms with Crippen LogP contribution in [0.5, 0.6) is 0 Å². The monoisotopic (exact) mass is 208 g/mol. The van der Waals surface area contributed by atoms with Gasteiger partial charge in [0.05, 0.1) is 12.9 Å². The van der Waals surface area contributed by atoms with Gasteiger partial charge in [-0.15, -0.1) is 0 Å². The molecule has 3 heteroatoms. The Hall–Kier alpha value is -1.51. The molecule has 0 aliphatic heterocycles. The fraction of sp³-hybridized carbons (Fsp3) is 0.417. The highest BCUT2D eigenvalue weighted by atomic mass is 16.5. The average molecular weight is 208 g/mol. The molecule has 0 atom stereocenters. The summed E-state index contributed by atoms with van der Waals surface area (Å²) in [7, 11) is 0. The van der Waals surface area contributed by atoms with Gasteiger partial charge in [0.1, 0.15) is 5.76 Å². The zero-order chi connectivity index (χ0) is 11.1. The van der Waals surface area contributed by atoms with Gasteiger partial charge in [0.2, 0.25) is 0 Å². The molecule has 0 bridgehead atoms. The quantitative estimate of drug-likeness (QED) is 0.551. The van der Waals surface area contributed by atoms with Gasteiger partial charge in [-0.2, -0.15) is 0 Å². The molecule has 3 nitrogen and oxygen atoms in total. The average Bonchev–Trinajstić information content (AvgIpc) is 2.66. The summed E-state index contributed by atoms with van der Waals surface area (Å²) in [5.41, 5.74) is 0. The van der Waals surface area contributed by atoms with E-state index in [0.29, 0.717) is 18.3 Å². The van der Waals surface area contributed by atoms with E-state index >= 15 is 0 Å². The second kappa shape index (κ2) is 6.06. The van der Waals surface area contributed by atoms with Crippen LogP contribution in [0.2, 0.25) is 0 Å². The topological polar surface area (TPSA) is 39.4 Å². The van der Waals surface area contributed by atoms with E-state index in [0.717, 1.165) is 6.42 Å². The molecule has 82 valence electrons. The fourth-order valence-corrected chi connectivity index (χ4v) is 0.980. The van der Waals surface area contributed by atoms with Crippen molar-refractivity contribution in [3.05, 3.63) is 30.2 Å². The Morgan fingerprint density at radius 1 is 1.60 bits per heavy atom. The van der Waals surface area contributed by atoms with Crippen LogP contribution in [0.25, 0.3) is 6.08 Å². The van der Waals surface area contributed by atoms with E-state index in [9.17, 15) is 4.79 Å². The first-order valence-electron chi connectivity index (χ1n) is 5.07. The van der Waals surface area contributed by atoms with Gasteiger partial charge in [0, 0.05) is 6.08 Å². The maximum atomic E-state index is 11.2. The van der Waals surface area contributed by atoms with Gasteiger partial charge in [0.25, 0.3) is 0 Å². The highest BCUT2D eigenvalue weighted by Crippen LogP contribution is 2.03. The van der Waals surface area contributed by atoms with Gasteiger partial charge < -0.3 is 9.15 Å². The molecule has 0 fully saturated rings. The number of ether oxygens (including phenoxy) is 1. The maximum absolute atomic E-state index is 11.2. The maximum Gasteiger partial charge on any atom is 0.330 e. The van der Waals surface area contributed by atoms with Gasteiger partial charge in [-0.25, -0.2) is 4.79 Å². The Kier molecular flexibility index (Phi) is 4.68. The van der Waals surface area contributed by atoms with E-state index in [1.807, 2.05) is 0 Å². The van der Waals surface area contributed by atoms with E-state index < -0.39 is 0 Å². The second-order valence-corrected chi connectivity index (χ2v) is 3.70. The van der Waals surface area contributed by atoms with Crippen molar-refractivity contribution in [2.45, 2.75) is 20.3 Å². The molecular weight excluding hydrogens is 192 g/mol. The predicted molar refractivity (Wildman–Crippen MR) is 58.2 cm³/mol. The molecule has 0 unspecified atom stereocenters. The molecule has 1 aromatic rings. The van der Waals surface area contributed by atoms with E-state index in [2.05, 4.69) is 13.8 Å². The highest BCUT2D eigenvalue weighted by molar-refractivity contribution is 5.86. The third kappa shape index (κ3) is 5.05. The first-order chi connectivity index (χ1) is 7.18. The minimum absolute atomic E-state index is 0.327. The van der Waals surface area contributed by atoms with Crippen molar-refractivity contribution in [1.29, 1.82) is 0 Å². The van der Waals surface area contributed by atoms with E-state index in [1.54, 1.807) is 24.5 Å². The Morgan fingerprint density at radius 2 is 2.40 bits per heavy atom. The molecule has 0 aliphatic rings. The van der Waals surface area contributed by atoms with Crippen molar-refractivity contribution in [2.75, 3.05) is 6.61 Å². The van der Waals surface area contributed by atoms with E-state index in [1.165, 1.54) is 6.08 Å². The minimum Gasteiger partial charge on any atom is -0.465 e. The smallest absolute Gasteiger partial charge is 0.330 e. The lowest BCUT2D eigenvalue weighted by Gasteiger charge is -2.03. The van der Waals surface area contributed by atoms with E-state index in [4.69, 9.17) is 9.15 Å². The van der Waals surface area contributed by atoms with Crippen LogP contribution < -0.4 is 0 Å². The molecule has 0 spiro atoms. The minimum atomic E-state index is -0.327. The Bertz CT molecular complexity index is 310. The number of hydrogen-bond donors (Lipinski definition) is 0. The highest BCUT2D eigenvalue weighted by Gasteiger charge is 1.99. The van der Waals surface area contributed by atoms with Gasteiger partial charge >= 0.3 is 5.97 Å². The SMILES string of the molecule is CC(C)CCOC(=O)C=Cc1ccco1. The molecule has 0 aromatic carbocycles. The standard InChI is InChI=1S/C12H16O3/c1-10(2)7-9-15-12(13)6-5-11-4-3-8-14-11/h3-6,8,10H,7,9H2,1-2H3. The molecule has 0 N–H and O–H groups in total. The molecule has 15 heavy (non-hydrogen) atoms. The largest absolute Gasteiger partial charge is 0.465 e. The zero-order valence-electron chi connectivity index (χ0n) is 9.10. The van der Waals surface area contributed by atoms with Crippen LogP contribution in [-0.4, -0.2) is 12.6 Å². The first-order valence-corrected chi connectivity index (χ1v) is 5.07. The lowest BCUT2D eigenvalue weighted by molar-refractivity contribution is -0.137. The third-order valence-electron chi connectivity index (χ3n) is 1.87. The van der Waals surface area contributed by atoms with Crippen LogP contribution >= 0.6 is 0 Å². The second-order valence-electron chi connectivity index (χ2n) is 3.70. The summed E-state index contributed by atoms with van der Waals surface area (Å²) in [5.74, 6) is 0.870. The van der Waals surface area contributed by atoms with Gasteiger partial charge in [0.15, 0.2) is 0 Å². The van der Waals surface area contributed by atoms with Crippen molar-refractivity contribution in [3.63, 3.8) is 0 Å². The van der Waals surface area contributed by atoms with Crippen LogP contribution in [-0.2, 0) is 9.53 Å². The lowest BCUT2D eigenvalue weighted by Crippen LogP contribution is -2.04. The van der Waals surface area contributed by atoms with Crippen LogP contribution in [0.3, 0.4) is 0 Å². The third-order valence-corrected chi connectivity index (χ3v) is 1.87. The lowest BCUT2D eigenvalue weighted by atomic mass is 10.1. The summed E-state index contributed by atoms with van der Waals surface area (Å²) in [4.78, 5) is 11.2. The fourth-order valence-electron chi connectivity index (χ4n) is 0.980. The van der Waals surface area contributed by atoms with Crippen LogP contribution in [0, 0.1) is 5.92 Å². The predicted octanol–water partition coefficient (Wildman–Crippen LogP) is 2.88. The van der Waals surface area contributed by atoms with E-state index in [-0.39, 0.29) is 5.97 Å². The van der Waals surface area contributed by atoms with Crippen LogP contribution in [0.15, 0.2) is 28.9 Å². The van der Waals surface area contributed by atoms with Gasteiger partial charge in [-0.3, -0.25) is 0 Å². The molecule has 1 rings (SSSR count). The Morgan fingerprint density at radius 3 is 3.00 bits per heavy atom. The molecule has 0 saturated carbocycles. The molecule has 0 saturated heterocycles. The number of hydrogen-bond acceptors (Lipinski definition) is 3. The normalized spacial score (nSPS) is 11.1. The van der Waals surface area contributed by atoms with Crippen molar-refractivity contribution < 1.29 is 13.9 Å². The number of rotatable bonds is 5. The molecule has 1 aromatic heterocycles. The summed E-state index contributed by atoms with van der Waals surface area (Å²) in [6.45, 7) is 4.65. The molecule has 1 heterocycles. The first kappa shape index (κ1) is 11.6. The molecule has 0 amide bonds.